The Kier molecular flexibility index (Phi) is 3.68. The van der Waals surface area contributed by atoms with Crippen LogP contribution in [0.5, 0.6) is 0 Å². The van der Waals surface area contributed by atoms with E-state index in [9.17, 15) is 4.79 Å². The number of hydrogen-bond donors (Lipinski definition) is 1. The summed E-state index contributed by atoms with van der Waals surface area (Å²) in [7, 11) is 0. The molecule has 0 unspecified atom stereocenters. The van der Waals surface area contributed by atoms with E-state index in [1.807, 2.05) is 13.0 Å². The highest BCUT2D eigenvalue weighted by molar-refractivity contribution is 7.14. The lowest BCUT2D eigenvalue weighted by molar-refractivity contribution is 0.102. The summed E-state index contributed by atoms with van der Waals surface area (Å²) >= 11 is 1.33. The summed E-state index contributed by atoms with van der Waals surface area (Å²) in [5.41, 5.74) is 2.68. The van der Waals surface area contributed by atoms with Gasteiger partial charge in [0.1, 0.15) is 23.7 Å². The minimum Gasteiger partial charge on any atom is -0.312 e. The van der Waals surface area contributed by atoms with Crippen molar-refractivity contribution in [2.75, 3.05) is 5.32 Å². The second kappa shape index (κ2) is 5.79. The molecule has 0 atom stereocenters. The molecule has 7 heteroatoms. The van der Waals surface area contributed by atoms with Gasteiger partial charge >= 0.3 is 0 Å². The van der Waals surface area contributed by atoms with Gasteiger partial charge in [-0.05, 0) is 42.1 Å². The lowest BCUT2D eigenvalue weighted by atomic mass is 10.1. The number of amides is 1. The van der Waals surface area contributed by atoms with Gasteiger partial charge in [0.25, 0.3) is 5.91 Å². The second-order valence-corrected chi connectivity index (χ2v) is 5.48. The molecular weight excluding hydrogens is 298 g/mol. The Hall–Kier alpha value is -2.98. The van der Waals surface area contributed by atoms with Gasteiger partial charge in [0.15, 0.2) is 0 Å². The maximum atomic E-state index is 12.4. The van der Waals surface area contributed by atoms with Gasteiger partial charge in [-0.15, -0.1) is 11.3 Å². The van der Waals surface area contributed by atoms with Crippen LogP contribution in [-0.2, 0) is 0 Å². The van der Waals surface area contributed by atoms with Crippen molar-refractivity contribution in [1.29, 1.82) is 5.26 Å². The van der Waals surface area contributed by atoms with Gasteiger partial charge in [-0.25, -0.2) is 9.67 Å². The van der Waals surface area contributed by atoms with Crippen molar-refractivity contribution < 1.29 is 4.79 Å². The molecule has 1 amide bonds. The second-order valence-electron chi connectivity index (χ2n) is 4.57. The Morgan fingerprint density at radius 1 is 1.41 bits per heavy atom. The molecule has 0 aliphatic heterocycles. The normalized spacial score (nSPS) is 10.2. The summed E-state index contributed by atoms with van der Waals surface area (Å²) in [6, 6.07) is 9.14. The van der Waals surface area contributed by atoms with Crippen molar-refractivity contribution >= 4 is 22.2 Å². The molecule has 0 fully saturated rings. The van der Waals surface area contributed by atoms with Crippen molar-refractivity contribution in [3.63, 3.8) is 0 Å². The number of hydrogen-bond acceptors (Lipinski definition) is 5. The quantitative estimate of drug-likeness (QED) is 0.806. The first kappa shape index (κ1) is 14.0. The van der Waals surface area contributed by atoms with Crippen LogP contribution in [0.25, 0.3) is 5.69 Å². The summed E-state index contributed by atoms with van der Waals surface area (Å²) in [5, 5.41) is 18.1. The van der Waals surface area contributed by atoms with Gasteiger partial charge in [-0.3, -0.25) is 4.79 Å². The van der Waals surface area contributed by atoms with Gasteiger partial charge in [-0.2, -0.15) is 10.4 Å². The van der Waals surface area contributed by atoms with Crippen molar-refractivity contribution in [3.05, 3.63) is 59.0 Å². The molecule has 2 heterocycles. The van der Waals surface area contributed by atoms with Crippen LogP contribution in [-0.4, -0.2) is 20.7 Å². The van der Waals surface area contributed by atoms with Gasteiger partial charge < -0.3 is 5.32 Å². The first-order chi connectivity index (χ1) is 10.7. The molecule has 2 aromatic heterocycles. The van der Waals surface area contributed by atoms with E-state index in [1.165, 1.54) is 17.7 Å². The standard InChI is InChI=1S/C15H11N5OS/c1-10-6-12(20-9-17-8-18-20)2-3-13(10)14(21)19-15-11(7-16)4-5-22-15/h2-6,8-9H,1H3,(H,19,21). The number of carbonyl (C=O) groups is 1. The van der Waals surface area contributed by atoms with Crippen LogP contribution in [0.15, 0.2) is 42.3 Å². The predicted octanol–water partition coefficient (Wildman–Crippen LogP) is 2.76. The summed E-state index contributed by atoms with van der Waals surface area (Å²) in [4.78, 5) is 16.2. The van der Waals surface area contributed by atoms with Crippen molar-refractivity contribution in [2.45, 2.75) is 6.92 Å². The van der Waals surface area contributed by atoms with E-state index in [1.54, 1.807) is 34.6 Å². The van der Waals surface area contributed by atoms with Gasteiger partial charge in [-0.1, -0.05) is 0 Å². The third-order valence-electron chi connectivity index (χ3n) is 3.15. The third kappa shape index (κ3) is 2.60. The number of carbonyl (C=O) groups excluding carboxylic acids is 1. The number of rotatable bonds is 3. The highest BCUT2D eigenvalue weighted by Gasteiger charge is 2.13. The Morgan fingerprint density at radius 3 is 2.95 bits per heavy atom. The third-order valence-corrected chi connectivity index (χ3v) is 3.98. The average Bonchev–Trinajstić information content (AvgIpc) is 3.18. The van der Waals surface area contributed by atoms with E-state index in [-0.39, 0.29) is 5.91 Å². The summed E-state index contributed by atoms with van der Waals surface area (Å²) in [5.74, 6) is -0.235. The molecule has 0 aliphatic rings. The molecule has 6 nitrogen and oxygen atoms in total. The van der Waals surface area contributed by atoms with Crippen LogP contribution in [0.2, 0.25) is 0 Å². The Balaban J connectivity index is 1.86. The Labute approximate surface area is 130 Å². The van der Waals surface area contributed by atoms with Crippen LogP contribution in [0.4, 0.5) is 5.00 Å². The first-order valence-corrected chi connectivity index (χ1v) is 7.31. The molecule has 108 valence electrons. The highest BCUT2D eigenvalue weighted by Crippen LogP contribution is 2.23. The smallest absolute Gasteiger partial charge is 0.256 e. The van der Waals surface area contributed by atoms with E-state index < -0.39 is 0 Å². The maximum absolute atomic E-state index is 12.4. The fourth-order valence-corrected chi connectivity index (χ4v) is 2.78. The molecule has 0 saturated heterocycles. The summed E-state index contributed by atoms with van der Waals surface area (Å²) < 4.78 is 1.63. The van der Waals surface area contributed by atoms with E-state index in [0.717, 1.165) is 11.3 Å². The van der Waals surface area contributed by atoms with Crippen molar-refractivity contribution in [2.24, 2.45) is 0 Å². The molecule has 0 spiro atoms. The van der Waals surface area contributed by atoms with E-state index >= 15 is 0 Å². The lowest BCUT2D eigenvalue weighted by Gasteiger charge is -2.08. The van der Waals surface area contributed by atoms with Crippen molar-refractivity contribution in [3.8, 4) is 11.8 Å². The Morgan fingerprint density at radius 2 is 2.27 bits per heavy atom. The topological polar surface area (TPSA) is 83.6 Å². The molecular formula is C15H11N5OS. The van der Waals surface area contributed by atoms with Crippen molar-refractivity contribution in [1.82, 2.24) is 14.8 Å². The largest absolute Gasteiger partial charge is 0.312 e. The minimum absolute atomic E-state index is 0.235. The van der Waals surface area contributed by atoms with Crippen LogP contribution in [0.3, 0.4) is 0 Å². The van der Waals surface area contributed by atoms with E-state index in [0.29, 0.717) is 16.1 Å². The zero-order valence-electron chi connectivity index (χ0n) is 11.6. The maximum Gasteiger partial charge on any atom is 0.256 e. The minimum atomic E-state index is -0.235. The van der Waals surface area contributed by atoms with Gasteiger partial charge in [0.05, 0.1) is 11.3 Å². The van der Waals surface area contributed by atoms with Gasteiger partial charge in [0.2, 0.25) is 0 Å². The van der Waals surface area contributed by atoms with Crippen LogP contribution < -0.4 is 5.32 Å². The van der Waals surface area contributed by atoms with E-state index in [2.05, 4.69) is 21.5 Å². The fourth-order valence-electron chi connectivity index (χ4n) is 2.05. The zero-order chi connectivity index (χ0) is 15.5. The van der Waals surface area contributed by atoms with Crippen LogP contribution in [0.1, 0.15) is 21.5 Å². The SMILES string of the molecule is Cc1cc(-n2cncn2)ccc1C(=O)Nc1sccc1C#N. The van der Waals surface area contributed by atoms with E-state index in [4.69, 9.17) is 5.26 Å². The summed E-state index contributed by atoms with van der Waals surface area (Å²) in [6.07, 6.45) is 3.05. The highest BCUT2D eigenvalue weighted by atomic mass is 32.1. The molecule has 0 saturated carbocycles. The molecule has 3 aromatic rings. The number of aromatic nitrogens is 3. The zero-order valence-corrected chi connectivity index (χ0v) is 12.5. The molecule has 0 aliphatic carbocycles. The average molecular weight is 309 g/mol. The number of benzene rings is 1. The number of thiophene rings is 1. The van der Waals surface area contributed by atoms with Gasteiger partial charge in [0, 0.05) is 5.56 Å². The monoisotopic (exact) mass is 309 g/mol. The number of anilines is 1. The number of nitrogens with one attached hydrogen (secondary N) is 1. The number of nitriles is 1. The molecule has 0 radical (unpaired) electrons. The van der Waals surface area contributed by atoms with Crippen LogP contribution >= 0.6 is 11.3 Å². The fraction of sp³-hybridized carbons (Fsp3) is 0.0667. The molecule has 1 N–H and O–H groups in total. The first-order valence-electron chi connectivity index (χ1n) is 6.43. The number of aryl methyl sites for hydroxylation is 1. The molecule has 22 heavy (non-hydrogen) atoms. The number of nitrogens with zero attached hydrogens (tertiary/aromatic N) is 4. The molecule has 0 bridgehead atoms. The molecule has 1 aromatic carbocycles. The lowest BCUT2D eigenvalue weighted by Crippen LogP contribution is -2.13. The summed E-state index contributed by atoms with van der Waals surface area (Å²) in [6.45, 7) is 1.86. The Bertz CT molecular complexity index is 860. The predicted molar refractivity (Wildman–Crippen MR) is 83.1 cm³/mol. The van der Waals surface area contributed by atoms with Crippen LogP contribution in [0, 0.1) is 18.3 Å². The molecule has 3 rings (SSSR count).